The second kappa shape index (κ2) is 10.2. The Hall–Kier alpha value is -4.28. The summed E-state index contributed by atoms with van der Waals surface area (Å²) in [6, 6.07) is 42.5. The van der Waals surface area contributed by atoms with Crippen molar-refractivity contribution in [3.8, 4) is 12.5 Å². The summed E-state index contributed by atoms with van der Waals surface area (Å²) < 4.78 is 0. The molecular weight excluding hydrogens is 386 g/mol. The van der Waals surface area contributed by atoms with Gasteiger partial charge in [-0.2, -0.15) is 0 Å². The number of rotatable bonds is 6. The molecule has 0 heterocycles. The van der Waals surface area contributed by atoms with E-state index in [1.807, 2.05) is 25.2 Å². The van der Waals surface area contributed by atoms with Crippen LogP contribution in [0.5, 0.6) is 0 Å². The van der Waals surface area contributed by atoms with Gasteiger partial charge in [-0.1, -0.05) is 122 Å². The van der Waals surface area contributed by atoms with Gasteiger partial charge in [-0.25, -0.2) is 0 Å². The maximum atomic E-state index is 5.54. The SMILES string of the molecule is C#CN(C)c1ccc(/C(=C\C=C(c2ccccc2)c2ccccc2)c2ccccc2)cc1. The molecule has 0 N–H and O–H groups in total. The fourth-order valence-corrected chi connectivity index (χ4v) is 3.68. The summed E-state index contributed by atoms with van der Waals surface area (Å²) in [5.74, 6) is 0. The van der Waals surface area contributed by atoms with E-state index in [2.05, 4.69) is 115 Å². The topological polar surface area (TPSA) is 3.24 Å². The van der Waals surface area contributed by atoms with E-state index < -0.39 is 0 Å². The lowest BCUT2D eigenvalue weighted by molar-refractivity contribution is 1.25. The van der Waals surface area contributed by atoms with Crippen LogP contribution in [0, 0.1) is 12.5 Å². The minimum Gasteiger partial charge on any atom is -0.305 e. The van der Waals surface area contributed by atoms with E-state index in [-0.39, 0.29) is 0 Å². The highest BCUT2D eigenvalue weighted by molar-refractivity contribution is 5.86. The summed E-state index contributed by atoms with van der Waals surface area (Å²) >= 11 is 0. The Labute approximate surface area is 191 Å². The molecule has 1 heteroatoms. The van der Waals surface area contributed by atoms with E-state index in [1.54, 1.807) is 4.90 Å². The van der Waals surface area contributed by atoms with Gasteiger partial charge in [0, 0.05) is 18.8 Å². The van der Waals surface area contributed by atoms with Crippen molar-refractivity contribution in [3.05, 3.63) is 150 Å². The molecule has 4 aromatic rings. The fraction of sp³-hybridized carbons (Fsp3) is 0.0323. The lowest BCUT2D eigenvalue weighted by Gasteiger charge is -2.13. The van der Waals surface area contributed by atoms with E-state index in [9.17, 15) is 0 Å². The van der Waals surface area contributed by atoms with Gasteiger partial charge in [0.2, 0.25) is 0 Å². The van der Waals surface area contributed by atoms with Crippen molar-refractivity contribution in [2.24, 2.45) is 0 Å². The van der Waals surface area contributed by atoms with Crippen LogP contribution in [-0.4, -0.2) is 7.05 Å². The van der Waals surface area contributed by atoms with E-state index >= 15 is 0 Å². The first-order valence-corrected chi connectivity index (χ1v) is 10.6. The van der Waals surface area contributed by atoms with Crippen LogP contribution in [0.1, 0.15) is 22.3 Å². The van der Waals surface area contributed by atoms with Crippen molar-refractivity contribution >= 4 is 16.8 Å². The van der Waals surface area contributed by atoms with Crippen LogP contribution in [-0.2, 0) is 0 Å². The Morgan fingerprint density at radius 3 is 1.25 bits per heavy atom. The normalized spacial score (nSPS) is 10.8. The molecule has 0 bridgehead atoms. The van der Waals surface area contributed by atoms with E-state index in [1.165, 1.54) is 22.3 Å². The van der Waals surface area contributed by atoms with Crippen molar-refractivity contribution in [1.29, 1.82) is 0 Å². The van der Waals surface area contributed by atoms with Gasteiger partial charge in [-0.05, 0) is 45.5 Å². The van der Waals surface area contributed by atoms with Crippen molar-refractivity contribution in [3.63, 3.8) is 0 Å². The Morgan fingerprint density at radius 1 is 0.562 bits per heavy atom. The van der Waals surface area contributed by atoms with Crippen LogP contribution in [0.15, 0.2) is 127 Å². The zero-order valence-corrected chi connectivity index (χ0v) is 18.1. The molecule has 0 aliphatic carbocycles. The zero-order valence-electron chi connectivity index (χ0n) is 18.1. The third-order valence-electron chi connectivity index (χ3n) is 5.43. The van der Waals surface area contributed by atoms with Crippen molar-refractivity contribution in [2.45, 2.75) is 0 Å². The number of nitrogens with zero attached hydrogens (tertiary/aromatic N) is 1. The van der Waals surface area contributed by atoms with Gasteiger partial charge in [0.05, 0.1) is 0 Å². The summed E-state index contributed by atoms with van der Waals surface area (Å²) in [4.78, 5) is 1.78. The molecule has 154 valence electrons. The highest BCUT2D eigenvalue weighted by atomic mass is 15.1. The van der Waals surface area contributed by atoms with E-state index in [4.69, 9.17) is 6.42 Å². The maximum Gasteiger partial charge on any atom is 0.0486 e. The first-order chi connectivity index (χ1) is 15.8. The summed E-state index contributed by atoms with van der Waals surface area (Å²) in [5, 5.41) is 0. The van der Waals surface area contributed by atoms with Gasteiger partial charge < -0.3 is 4.90 Å². The van der Waals surface area contributed by atoms with Gasteiger partial charge in [-0.3, -0.25) is 0 Å². The monoisotopic (exact) mass is 411 g/mol. The molecule has 4 aromatic carbocycles. The van der Waals surface area contributed by atoms with Gasteiger partial charge >= 0.3 is 0 Å². The largest absolute Gasteiger partial charge is 0.305 e. The third kappa shape index (κ3) is 4.89. The Bertz CT molecular complexity index is 1200. The van der Waals surface area contributed by atoms with Gasteiger partial charge in [0.25, 0.3) is 0 Å². The average molecular weight is 412 g/mol. The molecule has 0 aliphatic heterocycles. The Balaban J connectivity index is 1.84. The van der Waals surface area contributed by atoms with E-state index in [0.717, 1.165) is 16.8 Å². The molecule has 0 fully saturated rings. The van der Waals surface area contributed by atoms with Crippen LogP contribution in [0.25, 0.3) is 11.1 Å². The second-order valence-electron chi connectivity index (χ2n) is 7.49. The summed E-state index contributed by atoms with van der Waals surface area (Å²) in [6.07, 6.45) is 9.97. The van der Waals surface area contributed by atoms with Crippen molar-refractivity contribution < 1.29 is 0 Å². The minimum atomic E-state index is 0.994. The molecular formula is C31H25N. The number of benzene rings is 4. The summed E-state index contributed by atoms with van der Waals surface area (Å²) in [5.41, 5.74) is 8.02. The van der Waals surface area contributed by atoms with Crippen LogP contribution in [0.4, 0.5) is 5.69 Å². The van der Waals surface area contributed by atoms with Gasteiger partial charge in [-0.15, -0.1) is 0 Å². The lowest BCUT2D eigenvalue weighted by atomic mass is 9.94. The molecule has 0 saturated carbocycles. The number of anilines is 1. The quantitative estimate of drug-likeness (QED) is 0.183. The minimum absolute atomic E-state index is 0.994. The van der Waals surface area contributed by atoms with Crippen LogP contribution in [0.2, 0.25) is 0 Å². The molecule has 0 aromatic heterocycles. The standard InChI is InChI=1S/C31H25N/c1-3-32(2)29-21-19-28(20-22-29)31(27-17-11-6-12-18-27)24-23-30(25-13-7-4-8-14-25)26-15-9-5-10-16-26/h1,4-24H,2H3/b31-24-. The van der Waals surface area contributed by atoms with Crippen molar-refractivity contribution in [1.82, 2.24) is 0 Å². The molecule has 0 atom stereocenters. The Kier molecular flexibility index (Phi) is 6.66. The van der Waals surface area contributed by atoms with Crippen molar-refractivity contribution in [2.75, 3.05) is 11.9 Å². The predicted octanol–water partition coefficient (Wildman–Crippen LogP) is 7.28. The molecule has 4 rings (SSSR count). The van der Waals surface area contributed by atoms with E-state index in [0.29, 0.717) is 0 Å². The predicted molar refractivity (Wildman–Crippen MR) is 137 cm³/mol. The second-order valence-corrected chi connectivity index (χ2v) is 7.49. The Morgan fingerprint density at radius 2 is 0.906 bits per heavy atom. The molecule has 0 spiro atoms. The average Bonchev–Trinajstić information content (AvgIpc) is 2.88. The highest BCUT2D eigenvalue weighted by Crippen LogP contribution is 2.28. The van der Waals surface area contributed by atoms with Gasteiger partial charge in [0.15, 0.2) is 0 Å². The number of hydrogen-bond acceptors (Lipinski definition) is 1. The van der Waals surface area contributed by atoms with Gasteiger partial charge in [0.1, 0.15) is 0 Å². The maximum absolute atomic E-state index is 5.54. The molecule has 0 saturated heterocycles. The first kappa shape index (κ1) is 21.0. The number of allylic oxidation sites excluding steroid dienone is 2. The molecule has 0 unspecified atom stereocenters. The number of terminal acetylenes is 1. The van der Waals surface area contributed by atoms with Crippen LogP contribution >= 0.6 is 0 Å². The molecule has 0 amide bonds. The number of hydrogen-bond donors (Lipinski definition) is 0. The molecule has 0 radical (unpaired) electrons. The zero-order chi connectivity index (χ0) is 22.2. The van der Waals surface area contributed by atoms with Crippen LogP contribution < -0.4 is 4.90 Å². The molecule has 1 nitrogen and oxygen atoms in total. The first-order valence-electron chi connectivity index (χ1n) is 10.6. The summed E-state index contributed by atoms with van der Waals surface area (Å²) in [7, 11) is 1.89. The molecule has 32 heavy (non-hydrogen) atoms. The van der Waals surface area contributed by atoms with Crippen LogP contribution in [0.3, 0.4) is 0 Å². The lowest BCUT2D eigenvalue weighted by Crippen LogP contribution is -2.07. The molecule has 0 aliphatic rings. The fourth-order valence-electron chi connectivity index (χ4n) is 3.68. The third-order valence-corrected chi connectivity index (χ3v) is 5.43. The highest BCUT2D eigenvalue weighted by Gasteiger charge is 2.08. The smallest absolute Gasteiger partial charge is 0.0486 e. The summed E-state index contributed by atoms with van der Waals surface area (Å²) in [6.45, 7) is 0.